The average molecular weight is 192 g/mol. The van der Waals surface area contributed by atoms with E-state index < -0.39 is 0 Å². The number of hydrogen-bond donors (Lipinski definition) is 1. The Morgan fingerprint density at radius 2 is 2.29 bits per heavy atom. The number of aromatic nitrogens is 5. The fraction of sp³-hybridized carbons (Fsp3) is 0.375. The molecule has 0 fully saturated rings. The molecular weight excluding hydrogens is 180 g/mol. The van der Waals surface area contributed by atoms with E-state index in [4.69, 9.17) is 5.73 Å². The summed E-state index contributed by atoms with van der Waals surface area (Å²) in [6, 6.07) is 1.90. The van der Waals surface area contributed by atoms with Gasteiger partial charge in [-0.25, -0.2) is 0 Å². The quantitative estimate of drug-likeness (QED) is 0.720. The minimum Gasteiger partial charge on any atom is -0.329 e. The van der Waals surface area contributed by atoms with Gasteiger partial charge in [0.15, 0.2) is 0 Å². The molecule has 2 aromatic heterocycles. The van der Waals surface area contributed by atoms with Crippen molar-refractivity contribution in [2.75, 3.05) is 6.54 Å². The third-order valence-electron chi connectivity index (χ3n) is 1.87. The Hall–Kier alpha value is -1.69. The van der Waals surface area contributed by atoms with E-state index in [0.717, 1.165) is 11.4 Å². The highest BCUT2D eigenvalue weighted by Crippen LogP contribution is 2.11. The molecule has 0 aliphatic rings. The predicted octanol–water partition coefficient (Wildman–Crippen LogP) is -0.363. The normalized spacial score (nSPS) is 10.7. The van der Waals surface area contributed by atoms with Gasteiger partial charge < -0.3 is 5.73 Å². The Morgan fingerprint density at radius 1 is 1.43 bits per heavy atom. The third kappa shape index (κ3) is 1.64. The summed E-state index contributed by atoms with van der Waals surface area (Å²) in [7, 11) is 1.87. The first-order valence-corrected chi connectivity index (χ1v) is 4.40. The molecule has 0 aromatic carbocycles. The van der Waals surface area contributed by atoms with Crippen molar-refractivity contribution in [1.29, 1.82) is 0 Å². The van der Waals surface area contributed by atoms with Gasteiger partial charge in [-0.3, -0.25) is 9.36 Å². The van der Waals surface area contributed by atoms with Crippen LogP contribution in [0.2, 0.25) is 0 Å². The van der Waals surface area contributed by atoms with Crippen molar-refractivity contribution in [1.82, 2.24) is 24.8 Å². The lowest BCUT2D eigenvalue weighted by atomic mass is 10.3. The molecule has 2 N–H and O–H groups in total. The van der Waals surface area contributed by atoms with Crippen LogP contribution in [-0.4, -0.2) is 31.3 Å². The van der Waals surface area contributed by atoms with Gasteiger partial charge >= 0.3 is 0 Å². The topological polar surface area (TPSA) is 74.5 Å². The second kappa shape index (κ2) is 3.59. The van der Waals surface area contributed by atoms with Crippen LogP contribution in [-0.2, 0) is 13.6 Å². The lowest BCUT2D eigenvalue weighted by Crippen LogP contribution is -2.10. The predicted molar refractivity (Wildman–Crippen MR) is 51.3 cm³/mol. The summed E-state index contributed by atoms with van der Waals surface area (Å²) in [6.07, 6.45) is 3.71. The lowest BCUT2D eigenvalue weighted by Gasteiger charge is -1.92. The Kier molecular flexibility index (Phi) is 2.28. The maximum Gasteiger partial charge on any atom is 0.133 e. The molecular formula is C8H12N6. The molecule has 0 unspecified atom stereocenters. The molecule has 0 spiro atoms. The van der Waals surface area contributed by atoms with Gasteiger partial charge in [0.25, 0.3) is 0 Å². The molecule has 0 radical (unpaired) electrons. The number of rotatable bonds is 3. The second-order valence-electron chi connectivity index (χ2n) is 3.03. The van der Waals surface area contributed by atoms with Crippen LogP contribution >= 0.6 is 0 Å². The summed E-state index contributed by atoms with van der Waals surface area (Å²) < 4.78 is 3.45. The average Bonchev–Trinajstić information content (AvgIpc) is 2.74. The van der Waals surface area contributed by atoms with Crippen molar-refractivity contribution in [2.45, 2.75) is 6.54 Å². The van der Waals surface area contributed by atoms with E-state index in [2.05, 4.69) is 15.4 Å². The molecule has 0 bridgehead atoms. The highest BCUT2D eigenvalue weighted by molar-refractivity contribution is 5.50. The molecule has 6 nitrogen and oxygen atoms in total. The van der Waals surface area contributed by atoms with Gasteiger partial charge in [0, 0.05) is 19.8 Å². The van der Waals surface area contributed by atoms with Crippen molar-refractivity contribution < 1.29 is 0 Å². The van der Waals surface area contributed by atoms with Gasteiger partial charge in [-0.05, 0) is 6.07 Å². The van der Waals surface area contributed by atoms with E-state index in [1.165, 1.54) is 0 Å². The Balaban J connectivity index is 2.24. The molecule has 0 aliphatic heterocycles. The monoisotopic (exact) mass is 192 g/mol. The lowest BCUT2D eigenvalue weighted by molar-refractivity contribution is 0.598. The largest absolute Gasteiger partial charge is 0.329 e. The zero-order valence-electron chi connectivity index (χ0n) is 7.96. The van der Waals surface area contributed by atoms with E-state index >= 15 is 0 Å². The smallest absolute Gasteiger partial charge is 0.133 e. The van der Waals surface area contributed by atoms with E-state index in [0.29, 0.717) is 13.1 Å². The van der Waals surface area contributed by atoms with Crippen LogP contribution in [0.4, 0.5) is 0 Å². The molecule has 0 aliphatic carbocycles. The van der Waals surface area contributed by atoms with E-state index in [1.54, 1.807) is 9.36 Å². The summed E-state index contributed by atoms with van der Waals surface area (Å²) in [4.78, 5) is 0. The minimum atomic E-state index is 0.561. The highest BCUT2D eigenvalue weighted by Gasteiger charge is 2.05. The van der Waals surface area contributed by atoms with E-state index in [9.17, 15) is 0 Å². The van der Waals surface area contributed by atoms with Gasteiger partial charge in [-0.1, -0.05) is 5.21 Å². The maximum atomic E-state index is 5.40. The highest BCUT2D eigenvalue weighted by atomic mass is 15.4. The number of nitrogens with two attached hydrogens (primary N) is 1. The molecule has 2 heterocycles. The van der Waals surface area contributed by atoms with Crippen LogP contribution in [0.5, 0.6) is 0 Å². The van der Waals surface area contributed by atoms with Crippen LogP contribution in [0.15, 0.2) is 18.5 Å². The van der Waals surface area contributed by atoms with Gasteiger partial charge in [0.2, 0.25) is 0 Å². The number of nitrogens with zero attached hydrogens (tertiary/aromatic N) is 5. The third-order valence-corrected chi connectivity index (χ3v) is 1.87. The van der Waals surface area contributed by atoms with Crippen LogP contribution in [0.3, 0.4) is 0 Å². The summed E-state index contributed by atoms with van der Waals surface area (Å²) >= 11 is 0. The van der Waals surface area contributed by atoms with Crippen molar-refractivity contribution >= 4 is 0 Å². The standard InChI is InChI=1S/C8H12N6/c1-13-4-2-7(11-13)8-6-14(5-3-9)12-10-8/h2,4,6H,3,5,9H2,1H3. The summed E-state index contributed by atoms with van der Waals surface area (Å²) in [6.45, 7) is 1.24. The Morgan fingerprint density at radius 3 is 2.93 bits per heavy atom. The fourth-order valence-corrected chi connectivity index (χ4v) is 1.21. The summed E-state index contributed by atoms with van der Waals surface area (Å²) in [5.74, 6) is 0. The van der Waals surface area contributed by atoms with Gasteiger partial charge in [-0.2, -0.15) is 5.10 Å². The first-order chi connectivity index (χ1) is 6.79. The first kappa shape index (κ1) is 8.89. The minimum absolute atomic E-state index is 0.561. The summed E-state index contributed by atoms with van der Waals surface area (Å²) in [5.41, 5.74) is 7.01. The van der Waals surface area contributed by atoms with Crippen molar-refractivity contribution in [3.63, 3.8) is 0 Å². The molecule has 6 heteroatoms. The molecule has 2 rings (SSSR count). The zero-order valence-corrected chi connectivity index (χ0v) is 7.96. The molecule has 0 atom stereocenters. The molecule has 0 amide bonds. The number of hydrogen-bond acceptors (Lipinski definition) is 4. The first-order valence-electron chi connectivity index (χ1n) is 4.40. The van der Waals surface area contributed by atoms with Crippen molar-refractivity contribution in [3.8, 4) is 11.4 Å². The van der Waals surface area contributed by atoms with Crippen LogP contribution in [0.25, 0.3) is 11.4 Å². The van der Waals surface area contributed by atoms with Gasteiger partial charge in [-0.15, -0.1) is 5.10 Å². The van der Waals surface area contributed by atoms with Crippen molar-refractivity contribution in [2.24, 2.45) is 12.8 Å². The fourth-order valence-electron chi connectivity index (χ4n) is 1.21. The van der Waals surface area contributed by atoms with Crippen LogP contribution in [0.1, 0.15) is 0 Å². The number of aryl methyl sites for hydroxylation is 1. The Labute approximate surface area is 81.3 Å². The summed E-state index contributed by atoms with van der Waals surface area (Å²) in [5, 5.41) is 12.2. The zero-order chi connectivity index (χ0) is 9.97. The van der Waals surface area contributed by atoms with E-state index in [-0.39, 0.29) is 0 Å². The van der Waals surface area contributed by atoms with Crippen LogP contribution < -0.4 is 5.73 Å². The van der Waals surface area contributed by atoms with Gasteiger partial charge in [0.05, 0.1) is 12.7 Å². The van der Waals surface area contributed by atoms with E-state index in [1.807, 2.05) is 25.5 Å². The van der Waals surface area contributed by atoms with Gasteiger partial charge in [0.1, 0.15) is 11.4 Å². The molecule has 74 valence electrons. The molecule has 2 aromatic rings. The molecule has 0 saturated heterocycles. The molecule has 0 saturated carbocycles. The van der Waals surface area contributed by atoms with Crippen molar-refractivity contribution in [3.05, 3.63) is 18.5 Å². The second-order valence-corrected chi connectivity index (χ2v) is 3.03. The van der Waals surface area contributed by atoms with Crippen LogP contribution in [0, 0.1) is 0 Å². The Bertz CT molecular complexity index is 415. The molecule has 14 heavy (non-hydrogen) atoms. The maximum absolute atomic E-state index is 5.40. The SMILES string of the molecule is Cn1ccc(-c2cn(CCN)nn2)n1.